The molecule has 0 bridgehead atoms. The summed E-state index contributed by atoms with van der Waals surface area (Å²) >= 11 is 5.89. The first-order valence-electron chi connectivity index (χ1n) is 12.1. The molecule has 1 heterocycles. The van der Waals surface area contributed by atoms with E-state index in [2.05, 4.69) is 21.6 Å². The summed E-state index contributed by atoms with van der Waals surface area (Å²) < 4.78 is 10.9. The smallest absolute Gasteiger partial charge is 0.343 e. The summed E-state index contributed by atoms with van der Waals surface area (Å²) in [5, 5.41) is 5.63. The highest BCUT2D eigenvalue weighted by Gasteiger charge is 2.19. The Labute approximate surface area is 230 Å². The van der Waals surface area contributed by atoms with Gasteiger partial charge in [0.2, 0.25) is 0 Å². The number of aromatic nitrogens is 1. The van der Waals surface area contributed by atoms with E-state index < -0.39 is 5.97 Å². The summed E-state index contributed by atoms with van der Waals surface area (Å²) in [4.78, 5) is 28.9. The molecular weight excluding hydrogens is 514 g/mol. The van der Waals surface area contributed by atoms with E-state index in [4.69, 9.17) is 21.1 Å². The van der Waals surface area contributed by atoms with E-state index in [1.165, 1.54) is 13.3 Å². The van der Waals surface area contributed by atoms with Gasteiger partial charge in [-0.2, -0.15) is 5.10 Å². The zero-order valence-electron chi connectivity index (χ0n) is 21.2. The van der Waals surface area contributed by atoms with Crippen LogP contribution in [0.4, 0.5) is 0 Å². The summed E-state index contributed by atoms with van der Waals surface area (Å²) in [5.74, 6) is -0.328. The van der Waals surface area contributed by atoms with Crippen molar-refractivity contribution >= 4 is 40.6 Å². The van der Waals surface area contributed by atoms with Crippen molar-refractivity contribution in [1.29, 1.82) is 0 Å². The van der Waals surface area contributed by atoms with E-state index in [9.17, 15) is 9.59 Å². The molecule has 0 radical (unpaired) electrons. The molecule has 0 aliphatic carbocycles. The van der Waals surface area contributed by atoms with Crippen LogP contribution in [0.3, 0.4) is 0 Å². The van der Waals surface area contributed by atoms with Gasteiger partial charge in [0.25, 0.3) is 5.91 Å². The Morgan fingerprint density at radius 2 is 1.69 bits per heavy atom. The number of hydrogen-bond donors (Lipinski definition) is 2. The number of esters is 1. The van der Waals surface area contributed by atoms with Gasteiger partial charge in [-0.15, -0.1) is 0 Å². The van der Waals surface area contributed by atoms with Gasteiger partial charge in [0.05, 0.1) is 18.9 Å². The average molecular weight is 538 g/mol. The number of nitrogens with zero attached hydrogens (tertiary/aromatic N) is 1. The lowest BCUT2D eigenvalue weighted by Crippen LogP contribution is -2.18. The fourth-order valence-electron chi connectivity index (χ4n) is 4.20. The molecule has 39 heavy (non-hydrogen) atoms. The van der Waals surface area contributed by atoms with Crippen molar-refractivity contribution in [2.45, 2.75) is 6.92 Å². The Bertz CT molecular complexity index is 1690. The number of carbonyl (C=O) groups excluding carboxylic acids is 2. The van der Waals surface area contributed by atoms with Crippen LogP contribution in [-0.2, 0) is 0 Å². The molecule has 8 heteroatoms. The van der Waals surface area contributed by atoms with Crippen LogP contribution in [0, 0.1) is 6.92 Å². The second-order valence-corrected chi connectivity index (χ2v) is 9.23. The summed E-state index contributed by atoms with van der Waals surface area (Å²) in [6.07, 6.45) is 1.49. The minimum atomic E-state index is -0.540. The van der Waals surface area contributed by atoms with Crippen molar-refractivity contribution in [2.24, 2.45) is 5.10 Å². The topological polar surface area (TPSA) is 92.8 Å². The molecule has 0 spiro atoms. The number of aryl methyl sites for hydroxylation is 1. The normalized spacial score (nSPS) is 11.1. The summed E-state index contributed by atoms with van der Waals surface area (Å²) in [6, 6.07) is 27.1. The molecular formula is C31H24ClN3O4. The lowest BCUT2D eigenvalue weighted by atomic mass is 10.0. The van der Waals surface area contributed by atoms with Gasteiger partial charge < -0.3 is 14.5 Å². The van der Waals surface area contributed by atoms with E-state index >= 15 is 0 Å². The molecule has 1 aromatic heterocycles. The first kappa shape index (κ1) is 25.8. The number of amides is 1. The average Bonchev–Trinajstić information content (AvgIpc) is 3.33. The Morgan fingerprint density at radius 1 is 0.923 bits per heavy atom. The largest absolute Gasteiger partial charge is 0.493 e. The number of fused-ring (bicyclic) bond motifs is 1. The molecule has 5 rings (SSSR count). The molecule has 0 aliphatic rings. The van der Waals surface area contributed by atoms with Gasteiger partial charge in [0.15, 0.2) is 11.5 Å². The minimum absolute atomic E-state index is 0.250. The molecule has 7 nitrogen and oxygen atoms in total. The number of hydrogen-bond acceptors (Lipinski definition) is 5. The van der Waals surface area contributed by atoms with Gasteiger partial charge in [-0.1, -0.05) is 53.6 Å². The van der Waals surface area contributed by atoms with E-state index in [0.717, 1.165) is 27.6 Å². The molecule has 0 saturated heterocycles. The van der Waals surface area contributed by atoms with Crippen LogP contribution in [0.1, 0.15) is 32.0 Å². The standard InChI is InChI=1S/C31H24ClN3O4/c1-19-8-14-25-24(16-19)28(21-6-4-3-5-7-21)29(34-25)30(36)35-33-18-20-9-15-26(27(17-20)38-2)39-31(37)22-10-12-23(32)13-11-22/h3-18,34H,1-2H3,(H,35,36). The number of aromatic amines is 1. The maximum Gasteiger partial charge on any atom is 0.343 e. The highest BCUT2D eigenvalue weighted by Crippen LogP contribution is 2.33. The second-order valence-electron chi connectivity index (χ2n) is 8.80. The predicted molar refractivity (Wildman–Crippen MR) is 153 cm³/mol. The van der Waals surface area contributed by atoms with Gasteiger partial charge in [-0.3, -0.25) is 4.79 Å². The van der Waals surface area contributed by atoms with Crippen LogP contribution in [0.15, 0.2) is 96.1 Å². The van der Waals surface area contributed by atoms with E-state index in [1.54, 1.807) is 42.5 Å². The SMILES string of the molecule is COc1cc(C=NNC(=O)c2[nH]c3ccc(C)cc3c2-c2ccccc2)ccc1OC(=O)c1ccc(Cl)cc1. The van der Waals surface area contributed by atoms with Crippen LogP contribution in [-0.4, -0.2) is 30.2 Å². The van der Waals surface area contributed by atoms with Crippen molar-refractivity contribution in [3.05, 3.63) is 118 Å². The number of benzene rings is 4. The quantitative estimate of drug-likeness (QED) is 0.103. The number of hydrazone groups is 1. The zero-order chi connectivity index (χ0) is 27.4. The number of ether oxygens (including phenoxy) is 2. The summed E-state index contributed by atoms with van der Waals surface area (Å²) in [6.45, 7) is 2.02. The van der Waals surface area contributed by atoms with Gasteiger partial charge in [0.1, 0.15) is 5.69 Å². The Morgan fingerprint density at radius 3 is 2.44 bits per heavy atom. The third kappa shape index (κ3) is 5.68. The van der Waals surface area contributed by atoms with Crippen LogP contribution in [0.5, 0.6) is 11.5 Å². The maximum atomic E-state index is 13.2. The lowest BCUT2D eigenvalue weighted by molar-refractivity contribution is 0.0729. The highest BCUT2D eigenvalue weighted by molar-refractivity contribution is 6.30. The maximum absolute atomic E-state index is 13.2. The van der Waals surface area contributed by atoms with Crippen molar-refractivity contribution in [1.82, 2.24) is 10.4 Å². The van der Waals surface area contributed by atoms with Crippen LogP contribution in [0.25, 0.3) is 22.0 Å². The third-order valence-corrected chi connectivity index (χ3v) is 6.35. The number of rotatable bonds is 7. The second kappa shape index (κ2) is 11.2. The Balaban J connectivity index is 1.34. The molecule has 0 aliphatic heterocycles. The minimum Gasteiger partial charge on any atom is -0.493 e. The molecule has 0 saturated carbocycles. The molecule has 4 aromatic carbocycles. The number of methoxy groups -OCH3 is 1. The lowest BCUT2D eigenvalue weighted by Gasteiger charge is -2.10. The third-order valence-electron chi connectivity index (χ3n) is 6.09. The van der Waals surface area contributed by atoms with E-state index in [-0.39, 0.29) is 11.7 Å². The fraction of sp³-hybridized carbons (Fsp3) is 0.0645. The molecule has 5 aromatic rings. The Hall–Kier alpha value is -4.88. The number of H-pyrrole nitrogens is 1. The molecule has 0 fully saturated rings. The van der Waals surface area contributed by atoms with Crippen molar-refractivity contribution in [2.75, 3.05) is 7.11 Å². The van der Waals surface area contributed by atoms with Gasteiger partial charge >= 0.3 is 5.97 Å². The summed E-state index contributed by atoms with van der Waals surface area (Å²) in [7, 11) is 1.47. The zero-order valence-corrected chi connectivity index (χ0v) is 22.0. The van der Waals surface area contributed by atoms with Gasteiger partial charge in [-0.25, -0.2) is 10.2 Å². The van der Waals surface area contributed by atoms with E-state index in [1.807, 2.05) is 49.4 Å². The molecule has 0 unspecified atom stereocenters. The first-order valence-corrected chi connectivity index (χ1v) is 12.5. The Kier molecular flexibility index (Phi) is 7.43. The van der Waals surface area contributed by atoms with Crippen molar-refractivity contribution < 1.29 is 19.1 Å². The summed E-state index contributed by atoms with van der Waals surface area (Å²) in [5.41, 5.74) is 7.72. The van der Waals surface area contributed by atoms with Gasteiger partial charge in [0, 0.05) is 21.5 Å². The molecule has 2 N–H and O–H groups in total. The monoisotopic (exact) mass is 537 g/mol. The highest BCUT2D eigenvalue weighted by atomic mass is 35.5. The van der Waals surface area contributed by atoms with Crippen molar-refractivity contribution in [3.8, 4) is 22.6 Å². The van der Waals surface area contributed by atoms with E-state index in [0.29, 0.717) is 27.6 Å². The van der Waals surface area contributed by atoms with Crippen LogP contribution < -0.4 is 14.9 Å². The van der Waals surface area contributed by atoms with Crippen LogP contribution in [0.2, 0.25) is 5.02 Å². The number of carbonyl (C=O) groups is 2. The molecule has 0 atom stereocenters. The predicted octanol–water partition coefficient (Wildman–Crippen LogP) is 6.79. The molecule has 1 amide bonds. The number of nitrogens with one attached hydrogen (secondary N) is 2. The molecule has 194 valence electrons. The van der Waals surface area contributed by atoms with Crippen LogP contribution >= 0.6 is 11.6 Å². The van der Waals surface area contributed by atoms with Crippen molar-refractivity contribution in [3.63, 3.8) is 0 Å². The van der Waals surface area contributed by atoms with Gasteiger partial charge in [-0.05, 0) is 72.6 Å². The number of halogens is 1. The fourth-order valence-corrected chi connectivity index (χ4v) is 4.32. The first-order chi connectivity index (χ1) is 18.9.